The molecule has 2 aromatic heterocycles. The minimum absolute atomic E-state index is 0.0634. The summed E-state index contributed by atoms with van der Waals surface area (Å²) in [6, 6.07) is 11.9. The number of halogens is 4. The van der Waals surface area contributed by atoms with Gasteiger partial charge in [-0.05, 0) is 42.7 Å². The van der Waals surface area contributed by atoms with E-state index in [9.17, 15) is 18.0 Å². The summed E-state index contributed by atoms with van der Waals surface area (Å²) in [5.41, 5.74) is -0.180. The number of carbonyl (C=O) groups excluding carboxylic acids is 1. The van der Waals surface area contributed by atoms with Gasteiger partial charge in [0, 0.05) is 36.4 Å². The van der Waals surface area contributed by atoms with E-state index in [1.54, 1.807) is 12.1 Å². The first-order chi connectivity index (χ1) is 14.3. The summed E-state index contributed by atoms with van der Waals surface area (Å²) < 4.78 is 45.7. The molecule has 0 aliphatic carbocycles. The van der Waals surface area contributed by atoms with Crippen molar-refractivity contribution < 1.29 is 22.7 Å². The lowest BCUT2D eigenvalue weighted by atomic mass is 9.74. The molecule has 30 heavy (non-hydrogen) atoms. The number of hydrogen-bond acceptors (Lipinski definition) is 3. The van der Waals surface area contributed by atoms with Crippen LogP contribution in [0.5, 0.6) is 0 Å². The first-order valence-corrected chi connectivity index (χ1v) is 9.84. The minimum atomic E-state index is -4.58. The summed E-state index contributed by atoms with van der Waals surface area (Å²) >= 11 is 6.01. The lowest BCUT2D eigenvalue weighted by Gasteiger charge is -2.38. The van der Waals surface area contributed by atoms with E-state index in [0.717, 1.165) is 16.2 Å². The highest BCUT2D eigenvalue weighted by Gasteiger charge is 2.36. The summed E-state index contributed by atoms with van der Waals surface area (Å²) in [7, 11) is 0. The molecular formula is C21H19ClF3N3O2. The van der Waals surface area contributed by atoms with Gasteiger partial charge >= 0.3 is 6.18 Å². The molecule has 158 valence electrons. The van der Waals surface area contributed by atoms with E-state index in [1.165, 1.54) is 18.2 Å². The predicted molar refractivity (Wildman–Crippen MR) is 106 cm³/mol. The zero-order valence-electron chi connectivity index (χ0n) is 15.9. The van der Waals surface area contributed by atoms with Crippen molar-refractivity contribution >= 4 is 23.2 Å². The Labute approximate surface area is 175 Å². The Bertz CT molecular complexity index is 1060. The van der Waals surface area contributed by atoms with Gasteiger partial charge in [-0.3, -0.25) is 9.20 Å². The van der Waals surface area contributed by atoms with E-state index in [1.807, 2.05) is 12.1 Å². The van der Waals surface area contributed by atoms with Crippen molar-refractivity contribution in [2.75, 3.05) is 19.8 Å². The predicted octanol–water partition coefficient (Wildman–Crippen LogP) is 4.48. The van der Waals surface area contributed by atoms with Gasteiger partial charge in [-0.15, -0.1) is 0 Å². The van der Waals surface area contributed by atoms with Crippen LogP contribution in [0.4, 0.5) is 13.2 Å². The van der Waals surface area contributed by atoms with Gasteiger partial charge in [-0.1, -0.05) is 29.8 Å². The molecular weight excluding hydrogens is 419 g/mol. The molecule has 1 amide bonds. The van der Waals surface area contributed by atoms with Crippen LogP contribution < -0.4 is 5.32 Å². The monoisotopic (exact) mass is 437 g/mol. The smallest absolute Gasteiger partial charge is 0.381 e. The van der Waals surface area contributed by atoms with Gasteiger partial charge < -0.3 is 10.1 Å². The van der Waals surface area contributed by atoms with E-state index < -0.39 is 17.8 Å². The van der Waals surface area contributed by atoms with Crippen molar-refractivity contribution in [2.24, 2.45) is 0 Å². The fourth-order valence-corrected chi connectivity index (χ4v) is 3.93. The van der Waals surface area contributed by atoms with Gasteiger partial charge in [-0.25, -0.2) is 4.98 Å². The number of benzene rings is 1. The molecule has 4 rings (SSSR count). The molecule has 0 bridgehead atoms. The Morgan fingerprint density at radius 1 is 1.17 bits per heavy atom. The molecule has 1 aliphatic heterocycles. The number of carbonyl (C=O) groups is 1. The number of rotatable bonds is 4. The number of amides is 1. The minimum Gasteiger partial charge on any atom is -0.381 e. The maximum absolute atomic E-state index is 13.0. The van der Waals surface area contributed by atoms with E-state index >= 15 is 0 Å². The Morgan fingerprint density at radius 3 is 2.53 bits per heavy atom. The molecule has 1 aliphatic rings. The number of nitrogens with zero attached hydrogens (tertiary/aromatic N) is 2. The molecule has 0 unspecified atom stereocenters. The van der Waals surface area contributed by atoms with Gasteiger partial charge in [0.05, 0.1) is 0 Å². The van der Waals surface area contributed by atoms with Crippen LogP contribution in [-0.2, 0) is 16.3 Å². The summed E-state index contributed by atoms with van der Waals surface area (Å²) in [6.45, 7) is 1.45. The molecule has 0 radical (unpaired) electrons. The fraction of sp³-hybridized carbons (Fsp3) is 0.333. The Morgan fingerprint density at radius 2 is 1.87 bits per heavy atom. The third-order valence-corrected chi connectivity index (χ3v) is 5.76. The van der Waals surface area contributed by atoms with Crippen molar-refractivity contribution in [1.29, 1.82) is 0 Å². The van der Waals surface area contributed by atoms with Crippen LogP contribution in [0.25, 0.3) is 5.65 Å². The number of ether oxygens (including phenoxy) is 1. The topological polar surface area (TPSA) is 55.6 Å². The molecule has 1 aromatic carbocycles. The fourth-order valence-electron chi connectivity index (χ4n) is 3.81. The second kappa shape index (κ2) is 7.92. The lowest BCUT2D eigenvalue weighted by Crippen LogP contribution is -2.44. The second-order valence-electron chi connectivity index (χ2n) is 7.35. The van der Waals surface area contributed by atoms with Gasteiger partial charge in [0.25, 0.3) is 5.91 Å². The first-order valence-electron chi connectivity index (χ1n) is 9.46. The zero-order valence-corrected chi connectivity index (χ0v) is 16.6. The largest absolute Gasteiger partial charge is 0.434 e. The molecule has 0 atom stereocenters. The van der Waals surface area contributed by atoms with Crippen LogP contribution >= 0.6 is 11.6 Å². The van der Waals surface area contributed by atoms with Gasteiger partial charge in [0.2, 0.25) is 0 Å². The summed E-state index contributed by atoms with van der Waals surface area (Å²) in [4.78, 5) is 16.5. The van der Waals surface area contributed by atoms with Gasteiger partial charge in [0.15, 0.2) is 5.69 Å². The molecule has 9 heteroatoms. The Hall–Kier alpha value is -2.58. The van der Waals surface area contributed by atoms with E-state index in [4.69, 9.17) is 16.3 Å². The molecule has 3 aromatic rings. The lowest BCUT2D eigenvalue weighted by molar-refractivity contribution is -0.140. The second-order valence-corrected chi connectivity index (χ2v) is 7.78. The maximum atomic E-state index is 13.0. The normalized spacial score (nSPS) is 16.5. The number of fused-ring (bicyclic) bond motifs is 1. The van der Waals surface area contributed by atoms with Crippen molar-refractivity contribution in [2.45, 2.75) is 24.4 Å². The first kappa shape index (κ1) is 20.7. The molecule has 0 saturated carbocycles. The number of imidazole rings is 1. The molecule has 0 spiro atoms. The number of pyridine rings is 1. The van der Waals surface area contributed by atoms with Crippen LogP contribution in [0.15, 0.2) is 48.7 Å². The summed E-state index contributed by atoms with van der Waals surface area (Å²) in [5.74, 6) is -0.466. The molecule has 1 N–H and O–H groups in total. The zero-order chi connectivity index (χ0) is 21.4. The van der Waals surface area contributed by atoms with Crippen LogP contribution in [0.2, 0.25) is 5.02 Å². The number of nitrogens with one attached hydrogen (secondary N) is 1. The van der Waals surface area contributed by atoms with E-state index in [0.29, 0.717) is 37.6 Å². The summed E-state index contributed by atoms with van der Waals surface area (Å²) in [5, 5.41) is 3.53. The van der Waals surface area contributed by atoms with Crippen LogP contribution in [0, 0.1) is 0 Å². The van der Waals surface area contributed by atoms with Crippen molar-refractivity contribution in [3.05, 3.63) is 70.6 Å². The summed E-state index contributed by atoms with van der Waals surface area (Å²) in [6.07, 6.45) is -2.32. The SMILES string of the molecule is O=C(NCC1(c2ccc(Cl)cc2)CCOCC1)c1cccc2nc(C(F)(F)F)cn12. The van der Waals surface area contributed by atoms with Crippen LogP contribution in [0.1, 0.15) is 34.6 Å². The van der Waals surface area contributed by atoms with Gasteiger partial charge in [0.1, 0.15) is 11.3 Å². The van der Waals surface area contributed by atoms with Crippen LogP contribution in [0.3, 0.4) is 0 Å². The van der Waals surface area contributed by atoms with Crippen molar-refractivity contribution in [3.8, 4) is 0 Å². The highest BCUT2D eigenvalue weighted by Crippen LogP contribution is 2.35. The molecule has 5 nitrogen and oxygen atoms in total. The standard InChI is InChI=1S/C21H19ClF3N3O2/c22-15-6-4-14(5-7-15)20(8-10-30-11-9-20)13-26-19(29)16-2-1-3-18-27-17(12-28(16)18)21(23,24)25/h1-7,12H,8-11,13H2,(H,26,29). The average Bonchev–Trinajstić information content (AvgIpc) is 3.18. The van der Waals surface area contributed by atoms with E-state index in [2.05, 4.69) is 10.3 Å². The van der Waals surface area contributed by atoms with Gasteiger partial charge in [-0.2, -0.15) is 13.2 Å². The maximum Gasteiger partial charge on any atom is 0.434 e. The third-order valence-electron chi connectivity index (χ3n) is 5.51. The third kappa shape index (κ3) is 4.02. The van der Waals surface area contributed by atoms with Crippen molar-refractivity contribution in [1.82, 2.24) is 14.7 Å². The Kier molecular flexibility index (Phi) is 5.46. The average molecular weight is 438 g/mol. The highest BCUT2D eigenvalue weighted by atomic mass is 35.5. The Balaban J connectivity index is 1.60. The quantitative estimate of drug-likeness (QED) is 0.654. The molecule has 1 saturated heterocycles. The number of alkyl halides is 3. The number of aromatic nitrogens is 2. The van der Waals surface area contributed by atoms with Crippen LogP contribution in [-0.4, -0.2) is 35.1 Å². The van der Waals surface area contributed by atoms with Crippen molar-refractivity contribution in [3.63, 3.8) is 0 Å². The number of hydrogen-bond donors (Lipinski definition) is 1. The highest BCUT2D eigenvalue weighted by molar-refractivity contribution is 6.30. The molecule has 1 fully saturated rings. The van der Waals surface area contributed by atoms with E-state index in [-0.39, 0.29) is 16.8 Å². The molecule has 3 heterocycles.